The minimum atomic E-state index is 0.194. The summed E-state index contributed by atoms with van der Waals surface area (Å²) in [5, 5.41) is 0. The molecule has 1 aliphatic heterocycles. The van der Waals surface area contributed by atoms with Crippen LogP contribution < -0.4 is 0 Å². The maximum atomic E-state index is 4.76. The Hall–Kier alpha value is -1.85. The van der Waals surface area contributed by atoms with Crippen LogP contribution in [0.25, 0.3) is 0 Å². The summed E-state index contributed by atoms with van der Waals surface area (Å²) < 4.78 is 0. The third-order valence-electron chi connectivity index (χ3n) is 2.77. The molecule has 2 aromatic heterocycles. The standard InChI is InChI=1S/C16H13N5.2ClH.Fe/c1-3-9-17-15(5-1)19-11-13-7-8-14(21-13)12-20-16-6-2-4-10-18-16;;;/h1-7,9-12H,8H2;2*1H;/q;;;+2/p-2/b19-11+,20-12+;;;. The molecule has 24 heavy (non-hydrogen) atoms. The Morgan fingerprint density at radius 2 is 1.50 bits per heavy atom. The molecule has 0 spiro atoms. The molecule has 0 aliphatic carbocycles. The first-order valence-corrected chi connectivity index (χ1v) is 9.89. The van der Waals surface area contributed by atoms with Gasteiger partial charge in [-0.2, -0.15) is 0 Å². The van der Waals surface area contributed by atoms with Crippen molar-refractivity contribution in [2.75, 3.05) is 0 Å². The summed E-state index contributed by atoms with van der Waals surface area (Å²) in [6.07, 6.45) is 9.63. The van der Waals surface area contributed by atoms with Gasteiger partial charge in [0.05, 0.1) is 23.8 Å². The average Bonchev–Trinajstić information content (AvgIpc) is 3.09. The molecular weight excluding hydrogens is 389 g/mol. The van der Waals surface area contributed by atoms with E-state index in [2.05, 4.69) is 24.9 Å². The molecule has 0 saturated carbocycles. The van der Waals surface area contributed by atoms with Crippen molar-refractivity contribution in [3.63, 3.8) is 0 Å². The summed E-state index contributed by atoms with van der Waals surface area (Å²) >= 11 is 0.194. The number of rotatable bonds is 4. The molecule has 0 unspecified atom stereocenters. The number of halogens is 2. The van der Waals surface area contributed by atoms with Gasteiger partial charge in [-0.25, -0.2) is 20.0 Å². The van der Waals surface area contributed by atoms with Crippen molar-refractivity contribution < 1.29 is 13.1 Å². The van der Waals surface area contributed by atoms with Crippen LogP contribution in [0, 0.1) is 0 Å². The van der Waals surface area contributed by atoms with Crippen LogP contribution in [-0.4, -0.2) is 28.1 Å². The predicted octanol–water partition coefficient (Wildman–Crippen LogP) is 4.69. The van der Waals surface area contributed by atoms with Gasteiger partial charge in [-0.15, -0.1) is 0 Å². The van der Waals surface area contributed by atoms with Crippen LogP contribution in [0.4, 0.5) is 11.6 Å². The third kappa shape index (κ3) is 6.72. The second-order valence-corrected chi connectivity index (χ2v) is 6.20. The Labute approximate surface area is 154 Å². The van der Waals surface area contributed by atoms with E-state index in [1.54, 1.807) is 24.8 Å². The van der Waals surface area contributed by atoms with Gasteiger partial charge in [-0.05, 0) is 24.3 Å². The fraction of sp³-hybridized carbons (Fsp3) is 0.0625. The number of hydrogen-bond donors (Lipinski definition) is 0. The van der Waals surface area contributed by atoms with E-state index in [0.717, 1.165) is 17.8 Å². The van der Waals surface area contributed by atoms with Crippen molar-refractivity contribution in [2.45, 2.75) is 6.42 Å². The molecule has 1 aliphatic rings. The molecule has 0 bridgehead atoms. The third-order valence-corrected chi connectivity index (χ3v) is 2.77. The van der Waals surface area contributed by atoms with E-state index in [-0.39, 0.29) is 13.1 Å². The normalized spacial score (nSPS) is 13.8. The van der Waals surface area contributed by atoms with E-state index in [0.29, 0.717) is 11.6 Å². The van der Waals surface area contributed by atoms with Gasteiger partial charge >= 0.3 is 33.3 Å². The van der Waals surface area contributed by atoms with Gasteiger partial charge < -0.3 is 0 Å². The molecule has 0 amide bonds. The monoisotopic (exact) mass is 401 g/mol. The van der Waals surface area contributed by atoms with E-state index in [1.165, 1.54) is 0 Å². The number of pyridine rings is 2. The van der Waals surface area contributed by atoms with Crippen LogP contribution in [0.15, 0.2) is 75.5 Å². The Bertz CT molecular complexity index is 746. The molecule has 0 aromatic carbocycles. The SMILES string of the molecule is C1=C(/C=N/c2ccccn2)N=C(/C=N/c2ccccn2)C1.[Cl][Fe][Cl]. The molecule has 124 valence electrons. The van der Waals surface area contributed by atoms with E-state index >= 15 is 0 Å². The second-order valence-electron chi connectivity index (χ2n) is 4.38. The quantitative estimate of drug-likeness (QED) is 0.551. The summed E-state index contributed by atoms with van der Waals surface area (Å²) in [5.41, 5.74) is 1.71. The van der Waals surface area contributed by atoms with Gasteiger partial charge in [-0.1, -0.05) is 18.2 Å². The van der Waals surface area contributed by atoms with Crippen molar-refractivity contribution in [2.24, 2.45) is 15.0 Å². The van der Waals surface area contributed by atoms with Gasteiger partial charge in [0.25, 0.3) is 0 Å². The van der Waals surface area contributed by atoms with Crippen LogP contribution in [0.1, 0.15) is 6.42 Å². The van der Waals surface area contributed by atoms with Crippen molar-refractivity contribution >= 4 is 50.0 Å². The van der Waals surface area contributed by atoms with E-state index < -0.39 is 0 Å². The number of hydrogen-bond acceptors (Lipinski definition) is 5. The van der Waals surface area contributed by atoms with E-state index in [1.807, 2.05) is 42.5 Å². The first kappa shape index (κ1) is 18.5. The summed E-state index contributed by atoms with van der Waals surface area (Å²) in [4.78, 5) is 21.3. The van der Waals surface area contributed by atoms with Gasteiger partial charge in [0, 0.05) is 18.8 Å². The van der Waals surface area contributed by atoms with Gasteiger partial charge in [0.2, 0.25) is 0 Å². The number of aliphatic imine (C=N–C) groups is 3. The zero-order valence-electron chi connectivity index (χ0n) is 12.4. The van der Waals surface area contributed by atoms with Crippen LogP contribution in [0.3, 0.4) is 0 Å². The van der Waals surface area contributed by atoms with Crippen LogP contribution >= 0.6 is 20.2 Å². The average molecular weight is 402 g/mol. The predicted molar refractivity (Wildman–Crippen MR) is 96.6 cm³/mol. The van der Waals surface area contributed by atoms with Crippen molar-refractivity contribution in [3.8, 4) is 0 Å². The van der Waals surface area contributed by atoms with Gasteiger partial charge in [0.1, 0.15) is 0 Å². The van der Waals surface area contributed by atoms with E-state index in [9.17, 15) is 0 Å². The number of aromatic nitrogens is 2. The van der Waals surface area contributed by atoms with Crippen LogP contribution in [0.2, 0.25) is 0 Å². The Morgan fingerprint density at radius 3 is 2.04 bits per heavy atom. The Balaban J connectivity index is 0.000000647. The second kappa shape index (κ2) is 10.8. The van der Waals surface area contributed by atoms with Gasteiger partial charge in [-0.3, -0.25) is 4.99 Å². The molecule has 3 rings (SSSR count). The maximum absolute atomic E-state index is 4.76. The summed E-state index contributed by atoms with van der Waals surface area (Å²) in [5.74, 6) is 1.35. The molecule has 2 aromatic rings. The molecule has 0 atom stereocenters. The van der Waals surface area contributed by atoms with Gasteiger partial charge in [0.15, 0.2) is 11.6 Å². The summed E-state index contributed by atoms with van der Waals surface area (Å²) in [6.45, 7) is 0. The molecule has 0 fully saturated rings. The Kier molecular flexibility index (Phi) is 8.35. The first-order valence-electron chi connectivity index (χ1n) is 6.85. The number of allylic oxidation sites excluding steroid dienone is 2. The zero-order chi connectivity index (χ0) is 17.0. The van der Waals surface area contributed by atoms with Crippen molar-refractivity contribution in [1.29, 1.82) is 0 Å². The molecule has 5 nitrogen and oxygen atoms in total. The number of nitrogens with zero attached hydrogens (tertiary/aromatic N) is 5. The summed E-state index contributed by atoms with van der Waals surface area (Å²) in [7, 11) is 9.53. The fourth-order valence-corrected chi connectivity index (χ4v) is 1.76. The summed E-state index contributed by atoms with van der Waals surface area (Å²) in [6, 6.07) is 11.2. The zero-order valence-corrected chi connectivity index (χ0v) is 15.0. The van der Waals surface area contributed by atoms with Crippen LogP contribution in [0.5, 0.6) is 0 Å². The van der Waals surface area contributed by atoms with Crippen molar-refractivity contribution in [3.05, 3.63) is 60.6 Å². The Morgan fingerprint density at radius 1 is 0.917 bits per heavy atom. The fourth-order valence-electron chi connectivity index (χ4n) is 1.76. The molecule has 0 radical (unpaired) electrons. The topological polar surface area (TPSA) is 62.9 Å². The molecular formula is C16H13Cl2FeN5. The van der Waals surface area contributed by atoms with E-state index in [4.69, 9.17) is 20.2 Å². The molecule has 0 saturated heterocycles. The van der Waals surface area contributed by atoms with Crippen molar-refractivity contribution in [1.82, 2.24) is 9.97 Å². The molecule has 8 heteroatoms. The molecule has 0 N–H and O–H groups in total. The van der Waals surface area contributed by atoms with Crippen LogP contribution in [-0.2, 0) is 13.1 Å². The molecule has 3 heterocycles. The first-order chi connectivity index (χ1) is 11.8. The minimum absolute atomic E-state index is 0.194.